The van der Waals surface area contributed by atoms with Crippen LogP contribution in [0.25, 0.3) is 0 Å². The van der Waals surface area contributed by atoms with Gasteiger partial charge in [0.1, 0.15) is 5.75 Å². The molecule has 2 aromatic carbocycles. The van der Waals surface area contributed by atoms with Crippen LogP contribution in [0.4, 0.5) is 0 Å². The average molecular weight is 368 g/mol. The summed E-state index contributed by atoms with van der Waals surface area (Å²) in [4.78, 5) is 0. The second kappa shape index (κ2) is 9.38. The van der Waals surface area contributed by atoms with E-state index >= 15 is 0 Å². The van der Waals surface area contributed by atoms with Gasteiger partial charge in [-0.2, -0.15) is 0 Å². The SMILES string of the molecule is COc1ccccc1C(CCNCc1ccccc1)C1CCOC(C)(C)C1. The lowest BCUT2D eigenvalue weighted by atomic mass is 9.75. The molecule has 0 amide bonds. The summed E-state index contributed by atoms with van der Waals surface area (Å²) < 4.78 is 11.7. The van der Waals surface area contributed by atoms with Gasteiger partial charge < -0.3 is 14.8 Å². The lowest BCUT2D eigenvalue weighted by Gasteiger charge is -2.40. The minimum atomic E-state index is -0.0410. The smallest absolute Gasteiger partial charge is 0.122 e. The molecule has 0 spiro atoms. The summed E-state index contributed by atoms with van der Waals surface area (Å²) in [5.74, 6) is 2.10. The first kappa shape index (κ1) is 19.9. The molecule has 3 heteroatoms. The summed E-state index contributed by atoms with van der Waals surface area (Å²) >= 11 is 0. The number of hydrogen-bond acceptors (Lipinski definition) is 3. The van der Waals surface area contributed by atoms with Crippen molar-refractivity contribution in [3.8, 4) is 5.75 Å². The van der Waals surface area contributed by atoms with Crippen LogP contribution < -0.4 is 10.1 Å². The molecule has 0 bridgehead atoms. The highest BCUT2D eigenvalue weighted by atomic mass is 16.5. The summed E-state index contributed by atoms with van der Waals surface area (Å²) in [6.45, 7) is 7.19. The topological polar surface area (TPSA) is 30.5 Å². The Labute approximate surface area is 164 Å². The van der Waals surface area contributed by atoms with Crippen LogP contribution >= 0.6 is 0 Å². The Morgan fingerprint density at radius 3 is 2.59 bits per heavy atom. The maximum absolute atomic E-state index is 5.97. The lowest BCUT2D eigenvalue weighted by Crippen LogP contribution is -2.37. The molecule has 0 aromatic heterocycles. The van der Waals surface area contributed by atoms with Gasteiger partial charge in [0.25, 0.3) is 0 Å². The molecule has 1 saturated heterocycles. The largest absolute Gasteiger partial charge is 0.496 e. The van der Waals surface area contributed by atoms with Crippen molar-refractivity contribution in [2.24, 2.45) is 5.92 Å². The molecule has 1 aliphatic heterocycles. The Kier molecular flexibility index (Phi) is 6.92. The minimum absolute atomic E-state index is 0.0410. The lowest BCUT2D eigenvalue weighted by molar-refractivity contribution is -0.0772. The van der Waals surface area contributed by atoms with Crippen molar-refractivity contribution >= 4 is 0 Å². The van der Waals surface area contributed by atoms with Gasteiger partial charge in [0, 0.05) is 13.2 Å². The third kappa shape index (κ3) is 5.57. The van der Waals surface area contributed by atoms with Crippen molar-refractivity contribution in [2.75, 3.05) is 20.3 Å². The second-order valence-electron chi connectivity index (χ2n) is 8.16. The zero-order valence-corrected chi connectivity index (χ0v) is 16.9. The summed E-state index contributed by atoms with van der Waals surface area (Å²) in [6, 6.07) is 19.1. The normalized spacial score (nSPS) is 20.2. The highest BCUT2D eigenvalue weighted by molar-refractivity contribution is 5.37. The Morgan fingerprint density at radius 1 is 1.11 bits per heavy atom. The van der Waals surface area contributed by atoms with Crippen molar-refractivity contribution in [2.45, 2.75) is 51.2 Å². The number of ether oxygens (including phenoxy) is 2. The van der Waals surface area contributed by atoms with E-state index in [1.165, 1.54) is 11.1 Å². The monoisotopic (exact) mass is 367 g/mol. The Hall–Kier alpha value is -1.84. The number of rotatable bonds is 8. The molecule has 1 fully saturated rings. The van der Waals surface area contributed by atoms with Gasteiger partial charge in [0.05, 0.1) is 12.7 Å². The van der Waals surface area contributed by atoms with Crippen LogP contribution in [0, 0.1) is 5.92 Å². The average Bonchev–Trinajstić information content (AvgIpc) is 2.68. The number of para-hydroxylation sites is 1. The van der Waals surface area contributed by atoms with E-state index in [4.69, 9.17) is 9.47 Å². The predicted octanol–water partition coefficient (Wildman–Crippen LogP) is 5.16. The molecule has 2 atom stereocenters. The molecule has 3 rings (SSSR count). The van der Waals surface area contributed by atoms with Gasteiger partial charge in [-0.25, -0.2) is 0 Å². The fourth-order valence-electron chi connectivity index (χ4n) is 4.33. The van der Waals surface area contributed by atoms with Gasteiger partial charge in [-0.3, -0.25) is 0 Å². The maximum Gasteiger partial charge on any atom is 0.122 e. The molecule has 2 aromatic rings. The predicted molar refractivity (Wildman–Crippen MR) is 111 cm³/mol. The summed E-state index contributed by atoms with van der Waals surface area (Å²) in [5, 5.41) is 3.63. The van der Waals surface area contributed by atoms with Gasteiger partial charge >= 0.3 is 0 Å². The van der Waals surface area contributed by atoms with E-state index in [0.29, 0.717) is 11.8 Å². The molecule has 0 radical (unpaired) electrons. The molecule has 0 saturated carbocycles. The van der Waals surface area contributed by atoms with Crippen molar-refractivity contribution in [1.29, 1.82) is 0 Å². The van der Waals surface area contributed by atoms with E-state index in [0.717, 1.165) is 44.7 Å². The van der Waals surface area contributed by atoms with Crippen molar-refractivity contribution in [3.63, 3.8) is 0 Å². The van der Waals surface area contributed by atoms with Gasteiger partial charge in [-0.15, -0.1) is 0 Å². The minimum Gasteiger partial charge on any atom is -0.496 e. The first-order valence-corrected chi connectivity index (χ1v) is 10.1. The molecule has 0 aliphatic carbocycles. The van der Waals surface area contributed by atoms with Crippen LogP contribution in [0.15, 0.2) is 54.6 Å². The third-order valence-corrected chi connectivity index (χ3v) is 5.65. The van der Waals surface area contributed by atoms with E-state index in [1.54, 1.807) is 7.11 Å². The molecule has 1 aliphatic rings. The van der Waals surface area contributed by atoms with Crippen molar-refractivity contribution in [1.82, 2.24) is 5.32 Å². The number of hydrogen-bond donors (Lipinski definition) is 1. The van der Waals surface area contributed by atoms with Crippen LogP contribution in [-0.2, 0) is 11.3 Å². The Bertz CT molecular complexity index is 699. The van der Waals surface area contributed by atoms with Crippen LogP contribution in [0.1, 0.15) is 50.2 Å². The summed E-state index contributed by atoms with van der Waals surface area (Å²) in [5.41, 5.74) is 2.63. The first-order valence-electron chi connectivity index (χ1n) is 10.1. The molecule has 146 valence electrons. The number of benzene rings is 2. The molecule has 1 N–H and O–H groups in total. The van der Waals surface area contributed by atoms with Crippen LogP contribution in [0.3, 0.4) is 0 Å². The highest BCUT2D eigenvalue weighted by Crippen LogP contribution is 2.42. The molecule has 2 unspecified atom stereocenters. The zero-order valence-electron chi connectivity index (χ0n) is 16.9. The van der Waals surface area contributed by atoms with Crippen LogP contribution in [0.2, 0.25) is 0 Å². The number of nitrogens with one attached hydrogen (secondary N) is 1. The van der Waals surface area contributed by atoms with Crippen LogP contribution in [0.5, 0.6) is 5.75 Å². The van der Waals surface area contributed by atoms with E-state index in [9.17, 15) is 0 Å². The Balaban J connectivity index is 1.69. The second-order valence-corrected chi connectivity index (χ2v) is 8.16. The standard InChI is InChI=1S/C24H33NO2/c1-24(2)17-20(14-16-27-24)21(22-11-7-8-12-23(22)26-3)13-15-25-18-19-9-5-4-6-10-19/h4-12,20-21,25H,13-18H2,1-3H3. The molecule has 3 nitrogen and oxygen atoms in total. The van der Waals surface area contributed by atoms with Gasteiger partial charge in [-0.1, -0.05) is 48.5 Å². The van der Waals surface area contributed by atoms with Gasteiger partial charge in [0.15, 0.2) is 0 Å². The van der Waals surface area contributed by atoms with E-state index in [-0.39, 0.29) is 5.60 Å². The maximum atomic E-state index is 5.97. The van der Waals surface area contributed by atoms with Crippen molar-refractivity contribution in [3.05, 3.63) is 65.7 Å². The Morgan fingerprint density at radius 2 is 1.85 bits per heavy atom. The van der Waals surface area contributed by atoms with E-state index in [1.807, 2.05) is 0 Å². The fourth-order valence-corrected chi connectivity index (χ4v) is 4.33. The molecule has 27 heavy (non-hydrogen) atoms. The number of methoxy groups -OCH3 is 1. The highest BCUT2D eigenvalue weighted by Gasteiger charge is 2.34. The quantitative estimate of drug-likeness (QED) is 0.654. The summed E-state index contributed by atoms with van der Waals surface area (Å²) in [7, 11) is 1.78. The van der Waals surface area contributed by atoms with Gasteiger partial charge in [-0.05, 0) is 68.7 Å². The molecule has 1 heterocycles. The van der Waals surface area contributed by atoms with Gasteiger partial charge in [0.2, 0.25) is 0 Å². The van der Waals surface area contributed by atoms with E-state index in [2.05, 4.69) is 73.8 Å². The summed E-state index contributed by atoms with van der Waals surface area (Å²) in [6.07, 6.45) is 3.31. The van der Waals surface area contributed by atoms with Crippen LogP contribution in [-0.4, -0.2) is 25.9 Å². The first-order chi connectivity index (χ1) is 13.1. The molecular formula is C24H33NO2. The zero-order chi connectivity index (χ0) is 19.1. The molecular weight excluding hydrogens is 334 g/mol. The van der Waals surface area contributed by atoms with E-state index < -0.39 is 0 Å². The fraction of sp³-hybridized carbons (Fsp3) is 0.500. The third-order valence-electron chi connectivity index (χ3n) is 5.65. The van der Waals surface area contributed by atoms with Crippen molar-refractivity contribution < 1.29 is 9.47 Å².